The Hall–Kier alpha value is -1.90. The van der Waals surface area contributed by atoms with Crippen molar-refractivity contribution in [2.75, 3.05) is 0 Å². The maximum Gasteiger partial charge on any atom is 0.261 e. The van der Waals surface area contributed by atoms with Crippen LogP contribution in [0.3, 0.4) is 0 Å². The van der Waals surface area contributed by atoms with Crippen molar-refractivity contribution in [2.24, 2.45) is 0 Å². The predicted molar refractivity (Wildman–Crippen MR) is 241 cm³/mol. The van der Waals surface area contributed by atoms with Gasteiger partial charge in [0.1, 0.15) is 0 Å². The molecule has 0 aliphatic rings. The van der Waals surface area contributed by atoms with Gasteiger partial charge in [-0.3, -0.25) is 0 Å². The Morgan fingerprint density at radius 3 is 1.06 bits per heavy atom. The first kappa shape index (κ1) is 47.2. The maximum atomic E-state index is 7.73. The Morgan fingerprint density at radius 1 is 0.434 bits per heavy atom. The van der Waals surface area contributed by atoms with Crippen LogP contribution in [0, 0.1) is 0 Å². The zero-order valence-electron chi connectivity index (χ0n) is 35.9. The molecule has 0 aromatic heterocycles. The van der Waals surface area contributed by atoms with Crippen LogP contribution in [0.5, 0.6) is 0 Å². The van der Waals surface area contributed by atoms with Gasteiger partial charge in [0, 0.05) is 6.10 Å². The summed E-state index contributed by atoms with van der Waals surface area (Å²) in [4.78, 5) is 0. The average molecular weight is 743 g/mol. The summed E-state index contributed by atoms with van der Waals surface area (Å²) >= 11 is 0. The summed E-state index contributed by atoms with van der Waals surface area (Å²) in [6.07, 6.45) is 47.6. The third-order valence-electron chi connectivity index (χ3n) is 11.3. The Bertz CT molecular complexity index is 1050. The van der Waals surface area contributed by atoms with Crippen LogP contribution in [-0.2, 0) is 4.43 Å². The normalized spacial score (nSPS) is 12.6. The third kappa shape index (κ3) is 21.1. The summed E-state index contributed by atoms with van der Waals surface area (Å²) in [6.45, 7) is 11.9. The molecule has 0 bridgehead atoms. The second-order valence-corrected chi connectivity index (χ2v) is 21.4. The van der Waals surface area contributed by atoms with Gasteiger partial charge < -0.3 is 4.43 Å². The van der Waals surface area contributed by atoms with Crippen molar-refractivity contribution in [3.8, 4) is 0 Å². The van der Waals surface area contributed by atoms with E-state index < -0.39 is 8.32 Å². The van der Waals surface area contributed by atoms with Crippen molar-refractivity contribution in [1.82, 2.24) is 0 Å². The first-order valence-electron chi connectivity index (χ1n) is 23.0. The summed E-state index contributed by atoms with van der Waals surface area (Å²) in [5.74, 6) is 0. The predicted octanol–water partition coefficient (Wildman–Crippen LogP) is 16.0. The fourth-order valence-electron chi connectivity index (χ4n) is 8.09. The van der Waals surface area contributed by atoms with Crippen molar-refractivity contribution in [3.05, 3.63) is 85.0 Å². The summed E-state index contributed by atoms with van der Waals surface area (Å²) < 4.78 is 7.73. The van der Waals surface area contributed by atoms with Crippen molar-refractivity contribution in [2.45, 2.75) is 226 Å². The highest BCUT2D eigenvalue weighted by Gasteiger charge is 2.51. The summed E-state index contributed by atoms with van der Waals surface area (Å²) in [5, 5.41) is 2.86. The van der Waals surface area contributed by atoms with Gasteiger partial charge in [0.2, 0.25) is 0 Å². The van der Waals surface area contributed by atoms with E-state index in [0.29, 0.717) is 6.10 Å². The third-order valence-corrected chi connectivity index (χ3v) is 16.4. The molecule has 0 atom stereocenters. The SMILES string of the molecule is CCCCCCCC/C=C\CCCCCCCC(CCCCCCC/C=C\CCCCCCCC)O[Si](c1ccccc1)(c1ccccc1)C(C)(C)C. The highest BCUT2D eigenvalue weighted by Crippen LogP contribution is 2.38. The zero-order chi connectivity index (χ0) is 38.1. The van der Waals surface area contributed by atoms with Crippen molar-refractivity contribution in [1.29, 1.82) is 0 Å². The molecule has 300 valence electrons. The molecule has 0 unspecified atom stereocenters. The van der Waals surface area contributed by atoms with Crippen LogP contribution in [0.2, 0.25) is 5.04 Å². The second-order valence-electron chi connectivity index (χ2n) is 17.1. The zero-order valence-corrected chi connectivity index (χ0v) is 36.9. The lowest BCUT2D eigenvalue weighted by molar-refractivity contribution is 0.160. The van der Waals surface area contributed by atoms with E-state index in [2.05, 4.69) is 120 Å². The standard InChI is InChI=1S/C51H86OSi/c1-6-8-10-12-14-16-18-20-22-24-26-28-30-32-36-42-48(43-37-33-31-29-27-25-23-21-19-17-15-13-11-9-7-2)52-53(51(3,4)5,49-44-38-34-39-45-49)50-46-40-35-41-47-50/h20-23,34-35,38-41,44-48H,6-19,24-33,36-37,42-43H2,1-5H3/b22-20-,23-21-. The number of allylic oxidation sites excluding steroid dienone is 4. The van der Waals surface area contributed by atoms with Gasteiger partial charge in [-0.2, -0.15) is 0 Å². The van der Waals surface area contributed by atoms with Gasteiger partial charge >= 0.3 is 0 Å². The fraction of sp³-hybridized carbons (Fsp3) is 0.686. The lowest BCUT2D eigenvalue weighted by atomic mass is 10.0. The molecule has 2 heteroatoms. The summed E-state index contributed by atoms with van der Waals surface area (Å²) in [5.41, 5.74) is 0. The minimum Gasteiger partial charge on any atom is -0.404 e. The quantitative estimate of drug-likeness (QED) is 0.0394. The minimum absolute atomic E-state index is 0.0269. The molecule has 1 nitrogen and oxygen atoms in total. The van der Waals surface area contributed by atoms with Crippen LogP contribution in [0.25, 0.3) is 0 Å². The number of unbranched alkanes of at least 4 members (excludes halogenated alkanes) is 22. The van der Waals surface area contributed by atoms with Gasteiger partial charge in [-0.25, -0.2) is 0 Å². The largest absolute Gasteiger partial charge is 0.404 e. The molecule has 0 amide bonds. The Balaban J connectivity index is 1.88. The Labute approximate surface area is 332 Å². The van der Waals surface area contributed by atoms with Crippen molar-refractivity contribution < 1.29 is 4.43 Å². The number of benzene rings is 2. The van der Waals surface area contributed by atoms with Gasteiger partial charge in [0.15, 0.2) is 0 Å². The number of hydrogen-bond donors (Lipinski definition) is 0. The Morgan fingerprint density at radius 2 is 0.736 bits per heavy atom. The van der Waals surface area contributed by atoms with E-state index in [9.17, 15) is 0 Å². The molecule has 0 aliphatic carbocycles. The topological polar surface area (TPSA) is 9.23 Å². The first-order valence-corrected chi connectivity index (χ1v) is 24.9. The molecule has 0 saturated heterocycles. The molecule has 0 saturated carbocycles. The van der Waals surface area contributed by atoms with Gasteiger partial charge in [-0.1, -0.05) is 235 Å². The molecule has 0 aliphatic heterocycles. The van der Waals surface area contributed by atoms with E-state index in [0.717, 1.165) is 0 Å². The molecular formula is C51H86OSi. The molecule has 0 spiro atoms. The molecule has 0 fully saturated rings. The minimum atomic E-state index is -2.55. The average Bonchev–Trinajstić information content (AvgIpc) is 3.16. The number of rotatable bonds is 34. The van der Waals surface area contributed by atoms with E-state index in [4.69, 9.17) is 4.43 Å². The monoisotopic (exact) mass is 743 g/mol. The molecule has 53 heavy (non-hydrogen) atoms. The Kier molecular flexibility index (Phi) is 27.9. The highest BCUT2D eigenvalue weighted by molar-refractivity contribution is 6.99. The van der Waals surface area contributed by atoms with Crippen molar-refractivity contribution in [3.63, 3.8) is 0 Å². The lowest BCUT2D eigenvalue weighted by Crippen LogP contribution is -2.67. The van der Waals surface area contributed by atoms with E-state index in [1.54, 1.807) is 0 Å². The van der Waals surface area contributed by atoms with Crippen LogP contribution >= 0.6 is 0 Å². The lowest BCUT2D eigenvalue weighted by Gasteiger charge is -2.45. The summed E-state index contributed by atoms with van der Waals surface area (Å²) in [6, 6.07) is 22.6. The molecule has 0 N–H and O–H groups in total. The molecule has 0 heterocycles. The van der Waals surface area contributed by atoms with E-state index in [1.807, 2.05) is 0 Å². The smallest absolute Gasteiger partial charge is 0.261 e. The van der Waals surface area contributed by atoms with Gasteiger partial charge in [-0.05, 0) is 79.6 Å². The van der Waals surface area contributed by atoms with Crippen LogP contribution in [0.4, 0.5) is 0 Å². The first-order chi connectivity index (χ1) is 26.0. The molecular weight excluding hydrogens is 657 g/mol. The van der Waals surface area contributed by atoms with E-state index in [1.165, 1.54) is 190 Å². The maximum absolute atomic E-state index is 7.73. The highest BCUT2D eigenvalue weighted by atomic mass is 28.4. The molecule has 2 aromatic carbocycles. The van der Waals surface area contributed by atoms with Crippen LogP contribution in [0.15, 0.2) is 85.0 Å². The van der Waals surface area contributed by atoms with E-state index in [-0.39, 0.29) is 5.04 Å². The van der Waals surface area contributed by atoms with Crippen LogP contribution < -0.4 is 10.4 Å². The molecule has 2 rings (SSSR count). The fourth-order valence-corrected chi connectivity index (χ4v) is 12.8. The molecule has 2 aromatic rings. The van der Waals surface area contributed by atoms with Crippen LogP contribution in [0.1, 0.15) is 214 Å². The van der Waals surface area contributed by atoms with E-state index >= 15 is 0 Å². The van der Waals surface area contributed by atoms with Crippen LogP contribution in [-0.4, -0.2) is 14.4 Å². The second kappa shape index (κ2) is 31.3. The van der Waals surface area contributed by atoms with Gasteiger partial charge in [0.25, 0.3) is 8.32 Å². The van der Waals surface area contributed by atoms with Gasteiger partial charge in [0.05, 0.1) is 0 Å². The number of hydrogen-bond acceptors (Lipinski definition) is 1. The molecule has 0 radical (unpaired) electrons. The summed E-state index contributed by atoms with van der Waals surface area (Å²) in [7, 11) is -2.55. The van der Waals surface area contributed by atoms with Crippen molar-refractivity contribution >= 4 is 18.7 Å². The van der Waals surface area contributed by atoms with Gasteiger partial charge in [-0.15, -0.1) is 0 Å².